The van der Waals surface area contributed by atoms with Gasteiger partial charge in [-0.3, -0.25) is 4.79 Å². The first-order chi connectivity index (χ1) is 10.6. The third kappa shape index (κ3) is 4.73. The second-order valence-electron chi connectivity index (χ2n) is 5.93. The number of thiophene rings is 1. The molecule has 0 bridgehead atoms. The minimum absolute atomic E-state index is 0.0742. The van der Waals surface area contributed by atoms with Crippen molar-refractivity contribution < 1.29 is 14.7 Å². The number of hydrogen-bond acceptors (Lipinski definition) is 3. The highest BCUT2D eigenvalue weighted by atomic mass is 32.1. The minimum atomic E-state index is -0.832. The Morgan fingerprint density at radius 2 is 2.00 bits per heavy atom. The van der Waals surface area contributed by atoms with E-state index in [9.17, 15) is 9.59 Å². The molecule has 2 amide bonds. The molecule has 5 nitrogen and oxygen atoms in total. The molecule has 2 rings (SSSR count). The highest BCUT2D eigenvalue weighted by molar-refractivity contribution is 7.10. The molecule has 0 aliphatic heterocycles. The maximum absolute atomic E-state index is 11.9. The van der Waals surface area contributed by atoms with E-state index in [1.54, 1.807) is 11.3 Å². The van der Waals surface area contributed by atoms with Gasteiger partial charge in [0.2, 0.25) is 0 Å². The lowest BCUT2D eigenvalue weighted by molar-refractivity contribution is -0.137. The van der Waals surface area contributed by atoms with Gasteiger partial charge in [0.05, 0.1) is 0 Å². The summed E-state index contributed by atoms with van der Waals surface area (Å²) in [5.74, 6) is -0.832. The van der Waals surface area contributed by atoms with Crippen LogP contribution in [0.2, 0.25) is 0 Å². The summed E-state index contributed by atoms with van der Waals surface area (Å²) in [6, 6.07) is 4.04. The number of urea groups is 1. The standard InChI is InChI=1S/C16H24N2O3S/c19-14(20)7-4-10-17-15(21)18-12-16(8-2-1-3-9-16)13-6-5-11-22-13/h5-6,11H,1-4,7-10,12H2,(H,19,20)(H2,17,18,21). The first kappa shape index (κ1) is 16.8. The zero-order chi connectivity index (χ0) is 15.8. The fourth-order valence-electron chi connectivity index (χ4n) is 3.07. The normalized spacial score (nSPS) is 16.9. The summed E-state index contributed by atoms with van der Waals surface area (Å²) in [5.41, 5.74) is 0.0742. The molecule has 0 saturated heterocycles. The van der Waals surface area contributed by atoms with Crippen LogP contribution in [0.15, 0.2) is 17.5 Å². The lowest BCUT2D eigenvalue weighted by Crippen LogP contribution is -2.45. The molecule has 0 aromatic carbocycles. The van der Waals surface area contributed by atoms with E-state index in [0.717, 1.165) is 12.8 Å². The summed E-state index contributed by atoms with van der Waals surface area (Å²) < 4.78 is 0. The van der Waals surface area contributed by atoms with Gasteiger partial charge in [-0.25, -0.2) is 4.79 Å². The van der Waals surface area contributed by atoms with Crippen molar-refractivity contribution in [3.05, 3.63) is 22.4 Å². The third-order valence-corrected chi connectivity index (χ3v) is 5.41. The Balaban J connectivity index is 1.81. The molecular formula is C16H24N2O3S. The molecule has 0 radical (unpaired) electrons. The van der Waals surface area contributed by atoms with Crippen molar-refractivity contribution in [3.63, 3.8) is 0 Å². The fraction of sp³-hybridized carbons (Fsp3) is 0.625. The van der Waals surface area contributed by atoms with Crippen LogP contribution < -0.4 is 10.6 Å². The van der Waals surface area contributed by atoms with Gasteiger partial charge >= 0.3 is 12.0 Å². The van der Waals surface area contributed by atoms with Crippen molar-refractivity contribution in [1.29, 1.82) is 0 Å². The van der Waals surface area contributed by atoms with Crippen molar-refractivity contribution in [1.82, 2.24) is 10.6 Å². The monoisotopic (exact) mass is 324 g/mol. The van der Waals surface area contributed by atoms with Crippen molar-refractivity contribution >= 4 is 23.3 Å². The van der Waals surface area contributed by atoms with Gasteiger partial charge in [-0.15, -0.1) is 11.3 Å². The molecular weight excluding hydrogens is 300 g/mol. The Labute approximate surface area is 135 Å². The predicted octanol–water partition coefficient (Wildman–Crippen LogP) is 3.11. The number of rotatable bonds is 7. The number of amides is 2. The second kappa shape index (κ2) is 8.17. The molecule has 1 heterocycles. The van der Waals surface area contributed by atoms with E-state index in [1.807, 2.05) is 0 Å². The predicted molar refractivity (Wildman–Crippen MR) is 87.4 cm³/mol. The summed E-state index contributed by atoms with van der Waals surface area (Å²) in [6.07, 6.45) is 6.46. The highest BCUT2D eigenvalue weighted by Gasteiger charge is 2.35. The molecule has 0 atom stereocenters. The van der Waals surface area contributed by atoms with Gasteiger partial charge in [0.1, 0.15) is 0 Å². The van der Waals surface area contributed by atoms with Crippen LogP contribution >= 0.6 is 11.3 Å². The molecule has 122 valence electrons. The Kier molecular flexibility index (Phi) is 6.24. The Morgan fingerprint density at radius 3 is 2.64 bits per heavy atom. The number of carboxylic acids is 1. The lowest BCUT2D eigenvalue weighted by atomic mass is 9.73. The lowest BCUT2D eigenvalue weighted by Gasteiger charge is -2.36. The van der Waals surface area contributed by atoms with Gasteiger partial charge in [-0.05, 0) is 30.7 Å². The van der Waals surface area contributed by atoms with Crippen molar-refractivity contribution in [2.24, 2.45) is 0 Å². The molecule has 1 aliphatic carbocycles. The SMILES string of the molecule is O=C(O)CCCNC(=O)NCC1(c2cccs2)CCCCC1. The third-order valence-electron chi connectivity index (χ3n) is 4.29. The zero-order valence-electron chi connectivity index (χ0n) is 12.8. The molecule has 1 aliphatic rings. The van der Waals surface area contributed by atoms with Crippen LogP contribution in [0.4, 0.5) is 4.79 Å². The van der Waals surface area contributed by atoms with E-state index < -0.39 is 5.97 Å². The van der Waals surface area contributed by atoms with E-state index in [4.69, 9.17) is 5.11 Å². The smallest absolute Gasteiger partial charge is 0.314 e. The van der Waals surface area contributed by atoms with Crippen molar-refractivity contribution in [3.8, 4) is 0 Å². The topological polar surface area (TPSA) is 78.4 Å². The van der Waals surface area contributed by atoms with Crippen LogP contribution in [0.3, 0.4) is 0 Å². The number of nitrogens with one attached hydrogen (secondary N) is 2. The molecule has 1 aromatic heterocycles. The molecule has 1 saturated carbocycles. The summed E-state index contributed by atoms with van der Waals surface area (Å²) in [4.78, 5) is 23.7. The van der Waals surface area contributed by atoms with Crippen LogP contribution in [0, 0.1) is 0 Å². The summed E-state index contributed by atoms with van der Waals surface area (Å²) in [6.45, 7) is 1.04. The van der Waals surface area contributed by atoms with Crippen LogP contribution in [0.5, 0.6) is 0 Å². The van der Waals surface area contributed by atoms with Crippen LogP contribution in [0.25, 0.3) is 0 Å². The molecule has 6 heteroatoms. The second-order valence-corrected chi connectivity index (χ2v) is 6.87. The molecule has 22 heavy (non-hydrogen) atoms. The average Bonchev–Trinajstić information content (AvgIpc) is 3.05. The number of carbonyl (C=O) groups excluding carboxylic acids is 1. The minimum Gasteiger partial charge on any atom is -0.481 e. The van der Waals surface area contributed by atoms with Crippen LogP contribution in [-0.2, 0) is 10.2 Å². The van der Waals surface area contributed by atoms with Crippen molar-refractivity contribution in [2.75, 3.05) is 13.1 Å². The van der Waals surface area contributed by atoms with Gasteiger partial charge in [0.15, 0.2) is 0 Å². The van der Waals surface area contributed by atoms with Crippen LogP contribution in [-0.4, -0.2) is 30.2 Å². The molecule has 3 N–H and O–H groups in total. The van der Waals surface area contributed by atoms with E-state index in [2.05, 4.69) is 28.1 Å². The maximum atomic E-state index is 11.9. The van der Waals surface area contributed by atoms with Gasteiger partial charge < -0.3 is 15.7 Å². The van der Waals surface area contributed by atoms with E-state index in [-0.39, 0.29) is 17.9 Å². The molecule has 0 unspecified atom stereocenters. The maximum Gasteiger partial charge on any atom is 0.314 e. The summed E-state index contributed by atoms with van der Waals surface area (Å²) in [5, 5.41) is 16.4. The Morgan fingerprint density at radius 1 is 1.23 bits per heavy atom. The van der Waals surface area contributed by atoms with Crippen molar-refractivity contribution in [2.45, 2.75) is 50.4 Å². The molecule has 0 spiro atoms. The van der Waals surface area contributed by atoms with E-state index >= 15 is 0 Å². The number of hydrogen-bond donors (Lipinski definition) is 3. The number of carboxylic acid groups (broad SMARTS) is 1. The number of aliphatic carboxylic acids is 1. The quantitative estimate of drug-likeness (QED) is 0.674. The first-order valence-corrected chi connectivity index (χ1v) is 8.78. The van der Waals surface area contributed by atoms with E-state index in [1.165, 1.54) is 24.1 Å². The Hall–Kier alpha value is -1.56. The Bertz CT molecular complexity index is 482. The molecule has 1 fully saturated rings. The summed E-state index contributed by atoms with van der Waals surface area (Å²) >= 11 is 1.77. The van der Waals surface area contributed by atoms with E-state index in [0.29, 0.717) is 19.5 Å². The van der Waals surface area contributed by atoms with Gasteiger partial charge in [0, 0.05) is 29.8 Å². The van der Waals surface area contributed by atoms with Gasteiger partial charge in [0.25, 0.3) is 0 Å². The van der Waals surface area contributed by atoms with Gasteiger partial charge in [-0.2, -0.15) is 0 Å². The average molecular weight is 324 g/mol. The molecule has 1 aromatic rings. The summed E-state index contributed by atoms with van der Waals surface area (Å²) in [7, 11) is 0. The fourth-order valence-corrected chi connectivity index (χ4v) is 4.06. The first-order valence-electron chi connectivity index (χ1n) is 7.90. The zero-order valence-corrected chi connectivity index (χ0v) is 13.6. The highest BCUT2D eigenvalue weighted by Crippen LogP contribution is 2.40. The van der Waals surface area contributed by atoms with Crippen LogP contribution in [0.1, 0.15) is 49.8 Å². The van der Waals surface area contributed by atoms with Gasteiger partial charge in [-0.1, -0.05) is 25.3 Å². The number of carbonyl (C=O) groups is 2. The largest absolute Gasteiger partial charge is 0.481 e.